The minimum absolute atomic E-state index is 0.133. The van der Waals surface area contributed by atoms with Crippen LogP contribution in [0.15, 0.2) is 53.7 Å². The molecular weight excluding hydrogens is 352 g/mol. The number of carbonyl (C=O) groups is 3. The molecule has 2 heterocycles. The Hall–Kier alpha value is -2.87. The van der Waals surface area contributed by atoms with Gasteiger partial charge in [-0.05, 0) is 36.4 Å². The van der Waals surface area contributed by atoms with Gasteiger partial charge in [0.2, 0.25) is 5.91 Å². The summed E-state index contributed by atoms with van der Waals surface area (Å²) in [5.74, 6) is -0.557. The molecule has 1 aromatic carbocycles. The van der Waals surface area contributed by atoms with Gasteiger partial charge in [0.05, 0.1) is 4.91 Å². The van der Waals surface area contributed by atoms with E-state index in [2.05, 4.69) is 10.4 Å². The molecule has 0 aliphatic carbocycles. The maximum absolute atomic E-state index is 12.4. The highest BCUT2D eigenvalue weighted by Gasteiger charge is 2.34. The zero-order chi connectivity index (χ0) is 18.5. The summed E-state index contributed by atoms with van der Waals surface area (Å²) in [5.41, 5.74) is 0.861. The van der Waals surface area contributed by atoms with Crippen molar-refractivity contribution in [1.29, 1.82) is 0 Å². The highest BCUT2D eigenvalue weighted by atomic mass is 32.2. The van der Waals surface area contributed by atoms with E-state index in [-0.39, 0.29) is 30.1 Å². The summed E-state index contributed by atoms with van der Waals surface area (Å²) in [6, 6.07) is 10.6. The van der Waals surface area contributed by atoms with Crippen LogP contribution in [0.1, 0.15) is 18.5 Å². The van der Waals surface area contributed by atoms with Gasteiger partial charge in [0.15, 0.2) is 0 Å². The number of benzene rings is 1. The van der Waals surface area contributed by atoms with E-state index in [1.165, 1.54) is 4.68 Å². The van der Waals surface area contributed by atoms with Gasteiger partial charge in [-0.1, -0.05) is 30.3 Å². The quantitative estimate of drug-likeness (QED) is 0.789. The molecule has 7 nitrogen and oxygen atoms in total. The first-order valence-electron chi connectivity index (χ1n) is 8.13. The Labute approximate surface area is 155 Å². The van der Waals surface area contributed by atoms with Crippen LogP contribution in [0.5, 0.6) is 0 Å². The molecule has 1 unspecified atom stereocenters. The number of nitrogens with zero attached hydrogens (tertiary/aromatic N) is 3. The second-order valence-corrected chi connectivity index (χ2v) is 6.69. The first-order valence-corrected chi connectivity index (χ1v) is 8.95. The van der Waals surface area contributed by atoms with E-state index in [0.717, 1.165) is 22.2 Å². The Morgan fingerprint density at radius 1 is 1.27 bits per heavy atom. The lowest BCUT2D eigenvalue weighted by molar-refractivity contribution is -0.125. The molecule has 0 saturated carbocycles. The lowest BCUT2D eigenvalue weighted by Crippen LogP contribution is -2.39. The lowest BCUT2D eigenvalue weighted by Gasteiger charge is -2.15. The minimum atomic E-state index is -0.460. The molecule has 1 saturated heterocycles. The highest BCUT2D eigenvalue weighted by Crippen LogP contribution is 2.31. The summed E-state index contributed by atoms with van der Waals surface area (Å²) in [6.07, 6.45) is 5.00. The molecule has 0 radical (unpaired) electrons. The van der Waals surface area contributed by atoms with Crippen LogP contribution in [0, 0.1) is 0 Å². The summed E-state index contributed by atoms with van der Waals surface area (Å²) < 4.78 is 1.54. The van der Waals surface area contributed by atoms with Crippen LogP contribution in [-0.4, -0.2) is 44.8 Å². The van der Waals surface area contributed by atoms with Crippen LogP contribution >= 0.6 is 11.8 Å². The summed E-state index contributed by atoms with van der Waals surface area (Å²) in [7, 11) is 0. The predicted molar refractivity (Wildman–Crippen MR) is 99.1 cm³/mol. The highest BCUT2D eigenvalue weighted by molar-refractivity contribution is 8.18. The molecule has 1 N–H and O–H groups in total. The summed E-state index contributed by atoms with van der Waals surface area (Å²) in [5, 5.41) is 6.42. The maximum Gasteiger partial charge on any atom is 0.293 e. The molecule has 26 heavy (non-hydrogen) atoms. The van der Waals surface area contributed by atoms with Crippen LogP contribution in [0.25, 0.3) is 6.08 Å². The van der Waals surface area contributed by atoms with Crippen molar-refractivity contribution in [2.75, 3.05) is 13.1 Å². The molecule has 3 amide bonds. The molecule has 1 fully saturated rings. The van der Waals surface area contributed by atoms with Crippen molar-refractivity contribution in [3.63, 3.8) is 0 Å². The average Bonchev–Trinajstić information content (AvgIpc) is 3.26. The third-order valence-corrected chi connectivity index (χ3v) is 4.81. The van der Waals surface area contributed by atoms with Gasteiger partial charge in [-0.25, -0.2) is 0 Å². The van der Waals surface area contributed by atoms with Gasteiger partial charge in [-0.2, -0.15) is 5.10 Å². The van der Waals surface area contributed by atoms with E-state index >= 15 is 0 Å². The standard InChI is InChI=1S/C18H18N4O3S/c1-13(22-10-5-8-20-22)16(23)19-9-11-21-17(24)15(26-18(21)25)12-14-6-3-2-4-7-14/h2-8,10,12-13H,9,11H2,1H3,(H,19,23). The number of amides is 3. The number of rotatable bonds is 6. The predicted octanol–water partition coefficient (Wildman–Crippen LogP) is 2.30. The van der Waals surface area contributed by atoms with Crippen molar-refractivity contribution in [3.8, 4) is 0 Å². The van der Waals surface area contributed by atoms with Crippen molar-refractivity contribution in [3.05, 3.63) is 59.3 Å². The van der Waals surface area contributed by atoms with E-state index in [9.17, 15) is 14.4 Å². The van der Waals surface area contributed by atoms with Crippen molar-refractivity contribution in [2.24, 2.45) is 0 Å². The smallest absolute Gasteiger partial charge is 0.293 e. The topological polar surface area (TPSA) is 84.3 Å². The molecule has 1 atom stereocenters. The minimum Gasteiger partial charge on any atom is -0.352 e. The van der Waals surface area contributed by atoms with Gasteiger partial charge in [0.1, 0.15) is 6.04 Å². The molecule has 0 bridgehead atoms. The number of thioether (sulfide) groups is 1. The maximum atomic E-state index is 12.4. The Morgan fingerprint density at radius 3 is 2.73 bits per heavy atom. The molecule has 8 heteroatoms. The fourth-order valence-electron chi connectivity index (χ4n) is 2.46. The Balaban J connectivity index is 1.55. The van der Waals surface area contributed by atoms with E-state index in [1.807, 2.05) is 30.3 Å². The molecule has 1 aliphatic heterocycles. The van der Waals surface area contributed by atoms with E-state index in [0.29, 0.717) is 4.91 Å². The zero-order valence-electron chi connectivity index (χ0n) is 14.2. The van der Waals surface area contributed by atoms with Gasteiger partial charge in [-0.15, -0.1) is 0 Å². The van der Waals surface area contributed by atoms with Gasteiger partial charge < -0.3 is 5.32 Å². The lowest BCUT2D eigenvalue weighted by atomic mass is 10.2. The monoisotopic (exact) mass is 370 g/mol. The Kier molecular flexibility index (Phi) is 5.52. The van der Waals surface area contributed by atoms with E-state index < -0.39 is 6.04 Å². The van der Waals surface area contributed by atoms with Crippen LogP contribution < -0.4 is 5.32 Å². The zero-order valence-corrected chi connectivity index (χ0v) is 15.0. The number of carbonyl (C=O) groups excluding carboxylic acids is 3. The van der Waals surface area contributed by atoms with Crippen molar-refractivity contribution in [1.82, 2.24) is 20.0 Å². The SMILES string of the molecule is CC(C(=O)NCCN1C(=O)SC(=Cc2ccccc2)C1=O)n1cccn1. The Bertz CT molecular complexity index is 833. The normalized spacial score (nSPS) is 17.0. The third-order valence-electron chi connectivity index (χ3n) is 3.91. The van der Waals surface area contributed by atoms with Crippen LogP contribution in [0.4, 0.5) is 4.79 Å². The van der Waals surface area contributed by atoms with E-state index in [1.54, 1.807) is 31.5 Å². The van der Waals surface area contributed by atoms with Crippen molar-refractivity contribution >= 4 is 34.9 Å². The molecule has 134 valence electrons. The second kappa shape index (κ2) is 8.01. The van der Waals surface area contributed by atoms with Crippen LogP contribution in [-0.2, 0) is 9.59 Å². The first-order chi connectivity index (χ1) is 12.6. The van der Waals surface area contributed by atoms with Gasteiger partial charge in [0.25, 0.3) is 11.1 Å². The van der Waals surface area contributed by atoms with Crippen LogP contribution in [0.2, 0.25) is 0 Å². The number of imide groups is 1. The first kappa shape index (κ1) is 17.9. The molecule has 1 aromatic heterocycles. The van der Waals surface area contributed by atoms with Crippen LogP contribution in [0.3, 0.4) is 0 Å². The summed E-state index contributed by atoms with van der Waals surface area (Å²) >= 11 is 0.912. The molecule has 3 rings (SSSR count). The number of hydrogen-bond acceptors (Lipinski definition) is 5. The second-order valence-electron chi connectivity index (χ2n) is 5.70. The van der Waals surface area contributed by atoms with Crippen molar-refractivity contribution in [2.45, 2.75) is 13.0 Å². The number of nitrogens with one attached hydrogen (secondary N) is 1. The summed E-state index contributed by atoms with van der Waals surface area (Å²) in [6.45, 7) is 2.06. The van der Waals surface area contributed by atoms with E-state index in [4.69, 9.17) is 0 Å². The molecular formula is C18H18N4O3S. The van der Waals surface area contributed by atoms with Crippen molar-refractivity contribution < 1.29 is 14.4 Å². The Morgan fingerprint density at radius 2 is 2.04 bits per heavy atom. The largest absolute Gasteiger partial charge is 0.352 e. The number of hydrogen-bond donors (Lipinski definition) is 1. The van der Waals surface area contributed by atoms with Gasteiger partial charge in [0, 0.05) is 25.5 Å². The molecule has 2 aromatic rings. The fourth-order valence-corrected chi connectivity index (χ4v) is 3.33. The summed E-state index contributed by atoms with van der Waals surface area (Å²) in [4.78, 5) is 38.1. The fraction of sp³-hybridized carbons (Fsp3) is 0.222. The molecule has 1 aliphatic rings. The average molecular weight is 370 g/mol. The third kappa shape index (κ3) is 4.02. The molecule has 0 spiro atoms. The number of aromatic nitrogens is 2. The van der Waals surface area contributed by atoms with Gasteiger partial charge in [-0.3, -0.25) is 24.0 Å². The van der Waals surface area contributed by atoms with Gasteiger partial charge >= 0.3 is 0 Å².